The fraction of sp³-hybridized carbons (Fsp3) is 0.227. The first kappa shape index (κ1) is 20.3. The zero-order valence-corrected chi connectivity index (χ0v) is 16.6. The minimum atomic E-state index is -0.656. The Bertz CT molecular complexity index is 1090. The number of nitrogens with zero attached hydrogens (tertiary/aromatic N) is 1. The molecule has 150 valence electrons. The Morgan fingerprint density at radius 2 is 1.76 bits per heavy atom. The molecular weight excluding hydrogens is 375 g/mol. The highest BCUT2D eigenvalue weighted by atomic mass is 19.1. The average molecular weight is 396 g/mol. The lowest BCUT2D eigenvalue weighted by molar-refractivity contribution is -0.118. The molecule has 29 heavy (non-hydrogen) atoms. The van der Waals surface area contributed by atoms with Crippen LogP contribution in [0.5, 0.6) is 5.75 Å². The molecule has 0 bridgehead atoms. The molecule has 2 aromatic carbocycles. The lowest BCUT2D eigenvalue weighted by Crippen LogP contribution is -2.21. The Labute approximate surface area is 167 Å². The highest BCUT2D eigenvalue weighted by Gasteiger charge is 2.16. The Balaban J connectivity index is 1.85. The quantitative estimate of drug-likeness (QED) is 0.657. The first-order valence-corrected chi connectivity index (χ1v) is 8.97. The maximum atomic E-state index is 13.7. The molecule has 0 saturated carbocycles. The van der Waals surface area contributed by atoms with Gasteiger partial charge in [-0.2, -0.15) is 0 Å². The summed E-state index contributed by atoms with van der Waals surface area (Å²) in [5.41, 5.74) is 4.09. The molecule has 3 rings (SSSR count). The van der Waals surface area contributed by atoms with E-state index in [2.05, 4.69) is 10.3 Å². The number of hydrogen-bond donors (Lipinski definition) is 1. The van der Waals surface area contributed by atoms with Gasteiger partial charge in [0.2, 0.25) is 0 Å². The third-order valence-corrected chi connectivity index (χ3v) is 4.43. The van der Waals surface area contributed by atoms with Crippen molar-refractivity contribution >= 4 is 28.5 Å². The van der Waals surface area contributed by atoms with Gasteiger partial charge in [0.15, 0.2) is 12.3 Å². The zero-order chi connectivity index (χ0) is 21.1. The van der Waals surface area contributed by atoms with E-state index in [9.17, 15) is 14.0 Å². The number of ether oxygens (including phenoxy) is 2. The third kappa shape index (κ3) is 4.51. The summed E-state index contributed by atoms with van der Waals surface area (Å²) >= 11 is 0. The Morgan fingerprint density at radius 3 is 2.41 bits per heavy atom. The third-order valence-electron chi connectivity index (χ3n) is 4.43. The number of amides is 1. The maximum absolute atomic E-state index is 13.7. The molecule has 3 aromatic rings. The number of rotatable bonds is 5. The number of carbonyl (C=O) groups is 2. The molecular formula is C22H21FN2O4. The van der Waals surface area contributed by atoms with Crippen LogP contribution in [0.3, 0.4) is 0 Å². The number of halogens is 1. The van der Waals surface area contributed by atoms with Crippen LogP contribution >= 0.6 is 0 Å². The number of pyridine rings is 1. The first-order chi connectivity index (χ1) is 13.8. The van der Waals surface area contributed by atoms with Gasteiger partial charge in [0.1, 0.15) is 11.6 Å². The highest BCUT2D eigenvalue weighted by molar-refractivity contribution is 5.95. The predicted molar refractivity (Wildman–Crippen MR) is 108 cm³/mol. The van der Waals surface area contributed by atoms with E-state index in [0.717, 1.165) is 22.4 Å². The minimum Gasteiger partial charge on any atom is -0.483 e. The fourth-order valence-electron chi connectivity index (χ4n) is 3.19. The molecule has 0 aliphatic rings. The average Bonchev–Trinajstić information content (AvgIpc) is 2.68. The molecule has 0 atom stereocenters. The number of anilines is 1. The van der Waals surface area contributed by atoms with Gasteiger partial charge in [0, 0.05) is 17.1 Å². The number of nitrogens with one attached hydrogen (secondary N) is 1. The second kappa shape index (κ2) is 8.26. The van der Waals surface area contributed by atoms with Gasteiger partial charge in [0.25, 0.3) is 5.91 Å². The number of aryl methyl sites for hydroxylation is 3. The normalized spacial score (nSPS) is 10.7. The van der Waals surface area contributed by atoms with Crippen molar-refractivity contribution in [2.45, 2.75) is 20.8 Å². The number of carbonyl (C=O) groups excluding carboxylic acids is 2. The summed E-state index contributed by atoms with van der Waals surface area (Å²) in [4.78, 5) is 28.5. The van der Waals surface area contributed by atoms with Crippen molar-refractivity contribution in [2.24, 2.45) is 0 Å². The molecule has 1 N–H and O–H groups in total. The summed E-state index contributed by atoms with van der Waals surface area (Å²) in [5, 5.41) is 3.19. The first-order valence-electron chi connectivity index (χ1n) is 8.97. The Morgan fingerprint density at radius 1 is 1.07 bits per heavy atom. The number of hydrogen-bond acceptors (Lipinski definition) is 5. The molecule has 0 aliphatic carbocycles. The number of esters is 1. The van der Waals surface area contributed by atoms with E-state index in [1.54, 1.807) is 0 Å². The molecule has 0 radical (unpaired) electrons. The van der Waals surface area contributed by atoms with Crippen molar-refractivity contribution in [3.05, 3.63) is 64.6 Å². The fourth-order valence-corrected chi connectivity index (χ4v) is 3.19. The zero-order valence-electron chi connectivity index (χ0n) is 16.6. The van der Waals surface area contributed by atoms with Crippen molar-refractivity contribution < 1.29 is 23.5 Å². The summed E-state index contributed by atoms with van der Waals surface area (Å²) in [6.45, 7) is 5.50. The van der Waals surface area contributed by atoms with Gasteiger partial charge in [-0.25, -0.2) is 14.2 Å². The lowest BCUT2D eigenvalue weighted by Gasteiger charge is -2.14. The Hall–Kier alpha value is -3.48. The van der Waals surface area contributed by atoms with Crippen LogP contribution < -0.4 is 10.1 Å². The van der Waals surface area contributed by atoms with Crippen LogP contribution in [-0.4, -0.2) is 30.6 Å². The van der Waals surface area contributed by atoms with Gasteiger partial charge in [-0.3, -0.25) is 4.79 Å². The summed E-state index contributed by atoms with van der Waals surface area (Å²) in [6.07, 6.45) is 0. The molecule has 1 amide bonds. The summed E-state index contributed by atoms with van der Waals surface area (Å²) in [5.74, 6) is -1.34. The van der Waals surface area contributed by atoms with Crippen LogP contribution in [-0.2, 0) is 9.53 Å². The highest BCUT2D eigenvalue weighted by Crippen LogP contribution is 2.27. The lowest BCUT2D eigenvalue weighted by atomic mass is 10.1. The number of aromatic nitrogens is 1. The van der Waals surface area contributed by atoms with E-state index in [1.165, 1.54) is 31.4 Å². The van der Waals surface area contributed by atoms with E-state index in [4.69, 9.17) is 9.47 Å². The van der Waals surface area contributed by atoms with Crippen molar-refractivity contribution in [3.63, 3.8) is 0 Å². The number of benzene rings is 2. The SMILES string of the molecule is COC(=O)c1cc(OCC(=O)Nc2c(C)cc(C)cc2C)c2cc(F)ccc2n1. The molecule has 0 aliphatic heterocycles. The van der Waals surface area contributed by atoms with E-state index in [1.807, 2.05) is 32.9 Å². The molecule has 0 fully saturated rings. The van der Waals surface area contributed by atoms with Crippen molar-refractivity contribution in [1.29, 1.82) is 0 Å². The van der Waals surface area contributed by atoms with Gasteiger partial charge in [0.05, 0.1) is 12.6 Å². The van der Waals surface area contributed by atoms with E-state index < -0.39 is 11.8 Å². The number of methoxy groups -OCH3 is 1. The summed E-state index contributed by atoms with van der Waals surface area (Å²) in [6, 6.07) is 9.20. The molecule has 0 saturated heterocycles. The van der Waals surface area contributed by atoms with Gasteiger partial charge < -0.3 is 14.8 Å². The largest absolute Gasteiger partial charge is 0.483 e. The van der Waals surface area contributed by atoms with E-state index in [-0.39, 0.29) is 24.0 Å². The predicted octanol–water partition coefficient (Wildman–Crippen LogP) is 4.10. The van der Waals surface area contributed by atoms with Crippen molar-refractivity contribution in [3.8, 4) is 5.75 Å². The number of fused-ring (bicyclic) bond motifs is 1. The molecule has 6 nitrogen and oxygen atoms in total. The van der Waals surface area contributed by atoms with E-state index >= 15 is 0 Å². The monoisotopic (exact) mass is 396 g/mol. The summed E-state index contributed by atoms with van der Waals surface area (Å²) in [7, 11) is 1.24. The molecule has 7 heteroatoms. The van der Waals surface area contributed by atoms with Gasteiger partial charge >= 0.3 is 5.97 Å². The second-order valence-electron chi connectivity index (χ2n) is 6.77. The maximum Gasteiger partial charge on any atom is 0.356 e. The van der Waals surface area contributed by atoms with Crippen LogP contribution in [0.4, 0.5) is 10.1 Å². The standard InChI is InChI=1S/C22H21FN2O4/c1-12-7-13(2)21(14(3)8-12)25-20(26)11-29-19-10-18(22(27)28-4)24-17-6-5-15(23)9-16(17)19/h5-10H,11H2,1-4H3,(H,25,26). The van der Waals surface area contributed by atoms with E-state index in [0.29, 0.717) is 10.9 Å². The molecule has 1 aromatic heterocycles. The molecule has 1 heterocycles. The van der Waals surface area contributed by atoms with Crippen LogP contribution in [0.15, 0.2) is 36.4 Å². The molecule has 0 unspecified atom stereocenters. The Kier molecular flexibility index (Phi) is 5.77. The van der Waals surface area contributed by atoms with Gasteiger partial charge in [-0.05, 0) is 50.1 Å². The van der Waals surface area contributed by atoms with Crippen LogP contribution in [0, 0.1) is 26.6 Å². The van der Waals surface area contributed by atoms with Crippen LogP contribution in [0.1, 0.15) is 27.2 Å². The summed E-state index contributed by atoms with van der Waals surface area (Å²) < 4.78 is 24.0. The second-order valence-corrected chi connectivity index (χ2v) is 6.77. The smallest absolute Gasteiger partial charge is 0.356 e. The van der Waals surface area contributed by atoms with Gasteiger partial charge in [-0.1, -0.05) is 17.7 Å². The topological polar surface area (TPSA) is 77.5 Å². The minimum absolute atomic E-state index is 0.00670. The van der Waals surface area contributed by atoms with Crippen molar-refractivity contribution in [1.82, 2.24) is 4.98 Å². The van der Waals surface area contributed by atoms with Crippen LogP contribution in [0.25, 0.3) is 10.9 Å². The van der Waals surface area contributed by atoms with Crippen LogP contribution in [0.2, 0.25) is 0 Å². The van der Waals surface area contributed by atoms with Gasteiger partial charge in [-0.15, -0.1) is 0 Å². The molecule has 0 spiro atoms. The van der Waals surface area contributed by atoms with Crippen molar-refractivity contribution in [2.75, 3.05) is 19.0 Å².